The largest absolute Gasteiger partial charge is 0.462 e. The number of anilines is 1. The summed E-state index contributed by atoms with van der Waals surface area (Å²) < 4.78 is 10.1. The number of amides is 2. The van der Waals surface area contributed by atoms with Crippen molar-refractivity contribution < 1.29 is 28.7 Å². The van der Waals surface area contributed by atoms with Gasteiger partial charge in [-0.1, -0.05) is 43.7 Å². The van der Waals surface area contributed by atoms with Gasteiger partial charge in [-0.2, -0.15) is 0 Å². The van der Waals surface area contributed by atoms with E-state index in [1.54, 1.807) is 36.4 Å². The quantitative estimate of drug-likeness (QED) is 0.335. The molecule has 0 saturated carbocycles. The van der Waals surface area contributed by atoms with E-state index in [0.717, 1.165) is 12.8 Å². The predicted molar refractivity (Wildman–Crippen MR) is 119 cm³/mol. The molecule has 0 heterocycles. The molecule has 0 spiro atoms. The summed E-state index contributed by atoms with van der Waals surface area (Å²) in [5.74, 6) is -2.29. The van der Waals surface area contributed by atoms with E-state index in [9.17, 15) is 19.2 Å². The predicted octanol–water partition coefficient (Wildman–Crippen LogP) is 3.30. The minimum absolute atomic E-state index is 0.0811. The second-order valence-electron chi connectivity index (χ2n) is 6.84. The third-order valence-corrected chi connectivity index (χ3v) is 4.11. The number of rotatable bonds is 10. The fourth-order valence-corrected chi connectivity index (χ4v) is 2.54. The van der Waals surface area contributed by atoms with E-state index < -0.39 is 30.4 Å². The monoisotopic (exact) mass is 438 g/mol. The van der Waals surface area contributed by atoms with E-state index in [-0.39, 0.29) is 5.70 Å². The van der Waals surface area contributed by atoms with E-state index in [1.165, 1.54) is 25.1 Å². The van der Waals surface area contributed by atoms with Gasteiger partial charge in [-0.05, 0) is 42.3 Å². The van der Waals surface area contributed by atoms with E-state index in [1.807, 2.05) is 13.0 Å². The zero-order valence-electron chi connectivity index (χ0n) is 18.1. The molecule has 32 heavy (non-hydrogen) atoms. The number of hydrogen-bond acceptors (Lipinski definition) is 6. The Morgan fingerprint density at radius 2 is 1.62 bits per heavy atom. The highest BCUT2D eigenvalue weighted by Gasteiger charge is 2.15. The third-order valence-electron chi connectivity index (χ3n) is 4.11. The highest BCUT2D eigenvalue weighted by atomic mass is 16.5. The molecule has 0 aliphatic heterocycles. The summed E-state index contributed by atoms with van der Waals surface area (Å²) in [6.45, 7) is 3.08. The Morgan fingerprint density at radius 1 is 0.938 bits per heavy atom. The molecular weight excluding hydrogens is 412 g/mol. The molecule has 8 heteroatoms. The second kappa shape index (κ2) is 12.7. The molecule has 0 radical (unpaired) electrons. The lowest BCUT2D eigenvalue weighted by molar-refractivity contribution is -0.144. The maximum Gasteiger partial charge on any atom is 0.355 e. The molecule has 0 aliphatic carbocycles. The lowest BCUT2D eigenvalue weighted by Gasteiger charge is -2.10. The number of carbonyl (C=O) groups is 4. The first kappa shape index (κ1) is 24.3. The van der Waals surface area contributed by atoms with Crippen molar-refractivity contribution in [2.45, 2.75) is 26.7 Å². The van der Waals surface area contributed by atoms with Crippen molar-refractivity contribution in [1.82, 2.24) is 5.32 Å². The van der Waals surface area contributed by atoms with Crippen molar-refractivity contribution in [3.05, 3.63) is 71.4 Å². The van der Waals surface area contributed by atoms with Gasteiger partial charge in [-0.3, -0.25) is 9.59 Å². The summed E-state index contributed by atoms with van der Waals surface area (Å²) in [6, 6.07) is 15.1. The molecule has 0 unspecified atom stereocenters. The smallest absolute Gasteiger partial charge is 0.355 e. The Morgan fingerprint density at radius 3 is 2.25 bits per heavy atom. The fourth-order valence-electron chi connectivity index (χ4n) is 2.54. The highest BCUT2D eigenvalue weighted by molar-refractivity contribution is 5.99. The molecule has 0 fully saturated rings. The average molecular weight is 438 g/mol. The first-order valence-electron chi connectivity index (χ1n) is 10.2. The summed E-state index contributed by atoms with van der Waals surface area (Å²) in [5, 5.41) is 4.98. The molecule has 0 saturated heterocycles. The van der Waals surface area contributed by atoms with Gasteiger partial charge in [0.1, 0.15) is 5.70 Å². The Balaban J connectivity index is 1.90. The van der Waals surface area contributed by atoms with E-state index in [4.69, 9.17) is 9.47 Å². The summed E-state index contributed by atoms with van der Waals surface area (Å²) >= 11 is 0. The van der Waals surface area contributed by atoms with Crippen LogP contribution in [0.5, 0.6) is 0 Å². The van der Waals surface area contributed by atoms with Crippen LogP contribution in [0.1, 0.15) is 42.6 Å². The zero-order chi connectivity index (χ0) is 23.3. The normalized spacial score (nSPS) is 10.8. The lowest BCUT2D eigenvalue weighted by atomic mass is 10.2. The maximum absolute atomic E-state index is 12.3. The SMILES string of the molecule is CCCCOC(=O)c1ccc(NC(=O)COC(=O)/C(=C/c2ccccc2)NC(C)=O)cc1. The molecule has 2 aromatic rings. The molecule has 0 aromatic heterocycles. The van der Waals surface area contributed by atoms with Crippen molar-refractivity contribution >= 4 is 35.5 Å². The van der Waals surface area contributed by atoms with Crippen LogP contribution in [-0.2, 0) is 23.9 Å². The van der Waals surface area contributed by atoms with Gasteiger partial charge in [0, 0.05) is 12.6 Å². The van der Waals surface area contributed by atoms with Gasteiger partial charge in [0.2, 0.25) is 5.91 Å². The molecule has 0 atom stereocenters. The molecular formula is C24H26N2O6. The fraction of sp³-hybridized carbons (Fsp3) is 0.250. The molecule has 0 aliphatic rings. The van der Waals surface area contributed by atoms with Gasteiger partial charge in [-0.15, -0.1) is 0 Å². The van der Waals surface area contributed by atoms with E-state index in [2.05, 4.69) is 10.6 Å². The Bertz CT molecular complexity index is 968. The van der Waals surface area contributed by atoms with E-state index >= 15 is 0 Å². The van der Waals surface area contributed by atoms with Gasteiger partial charge < -0.3 is 20.1 Å². The van der Waals surface area contributed by atoms with Crippen LogP contribution in [0.15, 0.2) is 60.3 Å². The average Bonchev–Trinajstić information content (AvgIpc) is 2.78. The van der Waals surface area contributed by atoms with Crippen LogP contribution in [0, 0.1) is 0 Å². The molecule has 0 bridgehead atoms. The standard InChI is InChI=1S/C24H26N2O6/c1-3-4-14-31-23(29)19-10-12-20(13-11-19)26-22(28)16-32-24(30)21(25-17(2)27)15-18-8-6-5-7-9-18/h5-13,15H,3-4,14,16H2,1-2H3,(H,25,27)(H,26,28)/b21-15-. The number of nitrogens with one attached hydrogen (secondary N) is 2. The highest BCUT2D eigenvalue weighted by Crippen LogP contribution is 2.11. The number of esters is 2. The van der Waals surface area contributed by atoms with Gasteiger partial charge in [0.05, 0.1) is 12.2 Å². The van der Waals surface area contributed by atoms with Gasteiger partial charge in [-0.25, -0.2) is 9.59 Å². The van der Waals surface area contributed by atoms with Crippen LogP contribution in [-0.4, -0.2) is 37.0 Å². The van der Waals surface area contributed by atoms with Crippen LogP contribution < -0.4 is 10.6 Å². The summed E-state index contributed by atoms with van der Waals surface area (Å²) in [7, 11) is 0. The van der Waals surface area contributed by atoms with E-state index in [0.29, 0.717) is 23.4 Å². The Hall–Kier alpha value is -3.94. The number of ether oxygens (including phenoxy) is 2. The molecule has 8 nitrogen and oxygen atoms in total. The molecule has 168 valence electrons. The first-order valence-corrected chi connectivity index (χ1v) is 10.2. The van der Waals surface area contributed by atoms with Crippen LogP contribution in [0.25, 0.3) is 6.08 Å². The number of unbranched alkanes of at least 4 members (excludes halogenated alkanes) is 1. The van der Waals surface area contributed by atoms with Crippen LogP contribution >= 0.6 is 0 Å². The van der Waals surface area contributed by atoms with Crippen LogP contribution in [0.2, 0.25) is 0 Å². The second-order valence-corrected chi connectivity index (χ2v) is 6.84. The minimum Gasteiger partial charge on any atom is -0.462 e. The van der Waals surface area contributed by atoms with Crippen LogP contribution in [0.4, 0.5) is 5.69 Å². The lowest BCUT2D eigenvalue weighted by Crippen LogP contribution is -2.28. The topological polar surface area (TPSA) is 111 Å². The number of benzene rings is 2. The van der Waals surface area contributed by atoms with Gasteiger partial charge in [0.15, 0.2) is 6.61 Å². The van der Waals surface area contributed by atoms with Crippen molar-refractivity contribution in [3.63, 3.8) is 0 Å². The third kappa shape index (κ3) is 8.43. The zero-order valence-corrected chi connectivity index (χ0v) is 18.1. The maximum atomic E-state index is 12.3. The first-order chi connectivity index (χ1) is 15.4. The molecule has 2 amide bonds. The minimum atomic E-state index is -0.843. The summed E-state index contributed by atoms with van der Waals surface area (Å²) in [6.07, 6.45) is 3.18. The molecule has 2 N–H and O–H groups in total. The molecule has 2 aromatic carbocycles. The summed E-state index contributed by atoms with van der Waals surface area (Å²) in [5.41, 5.74) is 1.41. The van der Waals surface area contributed by atoms with Gasteiger partial charge >= 0.3 is 11.9 Å². The van der Waals surface area contributed by atoms with Crippen molar-refractivity contribution in [1.29, 1.82) is 0 Å². The Kier molecular flexibility index (Phi) is 9.65. The Labute approximate surface area is 186 Å². The van der Waals surface area contributed by atoms with Crippen molar-refractivity contribution in [2.24, 2.45) is 0 Å². The van der Waals surface area contributed by atoms with Crippen molar-refractivity contribution in [3.8, 4) is 0 Å². The van der Waals surface area contributed by atoms with Crippen LogP contribution in [0.3, 0.4) is 0 Å². The summed E-state index contributed by atoms with van der Waals surface area (Å²) in [4.78, 5) is 47.8. The number of hydrogen-bond donors (Lipinski definition) is 2. The van der Waals surface area contributed by atoms with Crippen molar-refractivity contribution in [2.75, 3.05) is 18.5 Å². The molecule has 2 rings (SSSR count). The van der Waals surface area contributed by atoms with Gasteiger partial charge in [0.25, 0.3) is 5.91 Å². The number of carbonyl (C=O) groups excluding carboxylic acids is 4.